The van der Waals surface area contributed by atoms with Gasteiger partial charge in [-0.15, -0.1) is 0 Å². The fraction of sp³-hybridized carbons (Fsp3) is 0.360. The lowest BCUT2D eigenvalue weighted by Gasteiger charge is -2.35. The molecule has 2 aromatic heterocycles. The second-order valence-electron chi connectivity index (χ2n) is 9.47. The van der Waals surface area contributed by atoms with Crippen LogP contribution in [0.2, 0.25) is 0 Å². The van der Waals surface area contributed by atoms with E-state index < -0.39 is 30.0 Å². The smallest absolute Gasteiger partial charge is 0.416 e. The zero-order valence-corrected chi connectivity index (χ0v) is 20.3. The van der Waals surface area contributed by atoms with Crippen LogP contribution >= 0.6 is 0 Å². The molecule has 1 unspecified atom stereocenters. The number of rotatable bonds is 6. The predicted molar refractivity (Wildman–Crippen MR) is 132 cm³/mol. The zero-order valence-electron chi connectivity index (χ0n) is 20.3. The maximum atomic E-state index is 13.5. The predicted octanol–water partition coefficient (Wildman–Crippen LogP) is 3.31. The van der Waals surface area contributed by atoms with Crippen molar-refractivity contribution in [2.24, 2.45) is 0 Å². The highest BCUT2D eigenvalue weighted by Crippen LogP contribution is 2.41. The summed E-state index contributed by atoms with van der Waals surface area (Å²) >= 11 is 0. The molecule has 13 heteroatoms. The molecule has 0 radical (unpaired) electrons. The Labute approximate surface area is 215 Å². The molecule has 0 aliphatic carbocycles. The lowest BCUT2D eigenvalue weighted by molar-refractivity contribution is -0.137. The normalized spacial score (nSPS) is 18.1. The number of carbonyl (C=O) groups is 1. The van der Waals surface area contributed by atoms with Crippen molar-refractivity contribution < 1.29 is 32.9 Å². The van der Waals surface area contributed by atoms with Crippen LogP contribution in [0.1, 0.15) is 18.9 Å². The van der Waals surface area contributed by atoms with Gasteiger partial charge in [0.15, 0.2) is 5.82 Å². The van der Waals surface area contributed by atoms with Gasteiger partial charge >= 0.3 is 18.2 Å². The van der Waals surface area contributed by atoms with E-state index in [-0.39, 0.29) is 30.0 Å². The van der Waals surface area contributed by atoms with Crippen LogP contribution in [0, 0.1) is 0 Å². The summed E-state index contributed by atoms with van der Waals surface area (Å²) in [6, 6.07) is 8.98. The first-order valence-electron chi connectivity index (χ1n) is 11.9. The van der Waals surface area contributed by atoms with Crippen molar-refractivity contribution in [3.05, 3.63) is 54.2 Å². The van der Waals surface area contributed by atoms with E-state index in [9.17, 15) is 28.2 Å². The minimum Gasteiger partial charge on any atom is -0.460 e. The van der Waals surface area contributed by atoms with Crippen molar-refractivity contribution in [3.8, 4) is 17.3 Å². The minimum atomic E-state index is -4.49. The Hall–Kier alpha value is -3.97. The van der Waals surface area contributed by atoms with Crippen LogP contribution in [0.4, 0.5) is 35.3 Å². The van der Waals surface area contributed by atoms with Crippen LogP contribution in [0.3, 0.4) is 0 Å². The lowest BCUT2D eigenvalue weighted by Crippen LogP contribution is -2.48. The number of fused-ring (bicyclic) bond motifs is 4. The Morgan fingerprint density at radius 2 is 2.03 bits per heavy atom. The van der Waals surface area contributed by atoms with Crippen molar-refractivity contribution in [3.63, 3.8) is 0 Å². The molecule has 0 saturated carbocycles. The number of halogens is 3. The molecular formula is C25H25F3N6O4. The van der Waals surface area contributed by atoms with Gasteiger partial charge in [0.05, 0.1) is 29.6 Å². The highest BCUT2D eigenvalue weighted by atomic mass is 19.4. The Morgan fingerprint density at radius 3 is 2.79 bits per heavy atom. The summed E-state index contributed by atoms with van der Waals surface area (Å²) in [7, 11) is 0. The maximum absolute atomic E-state index is 13.5. The van der Waals surface area contributed by atoms with Crippen LogP contribution in [-0.4, -0.2) is 69.1 Å². The molecular weight excluding hydrogens is 505 g/mol. The van der Waals surface area contributed by atoms with E-state index in [4.69, 9.17) is 4.74 Å². The van der Waals surface area contributed by atoms with Crippen molar-refractivity contribution in [1.82, 2.24) is 15.0 Å². The molecule has 4 heterocycles. The average Bonchev–Trinajstić information content (AvgIpc) is 3.31. The Bertz CT molecular complexity index is 1350. The molecule has 3 aromatic rings. The van der Waals surface area contributed by atoms with Gasteiger partial charge in [-0.3, -0.25) is 10.2 Å². The Balaban J connectivity index is 1.42. The summed E-state index contributed by atoms with van der Waals surface area (Å²) in [5.41, 5.74) is -0.967. The number of carbonyl (C=O) groups excluding carboxylic acids is 1. The largest absolute Gasteiger partial charge is 0.460 e. The second-order valence-corrected chi connectivity index (χ2v) is 9.47. The first-order chi connectivity index (χ1) is 18.0. The van der Waals surface area contributed by atoms with Gasteiger partial charge in [0, 0.05) is 24.8 Å². The fourth-order valence-corrected chi connectivity index (χ4v) is 4.40. The molecule has 10 nitrogen and oxygen atoms in total. The van der Waals surface area contributed by atoms with E-state index in [1.165, 1.54) is 30.2 Å². The number of amides is 2. The number of pyridine rings is 1. The van der Waals surface area contributed by atoms with Crippen molar-refractivity contribution >= 4 is 23.4 Å². The molecule has 2 aliphatic heterocycles. The molecule has 2 atom stereocenters. The summed E-state index contributed by atoms with van der Waals surface area (Å²) in [6.07, 6.45) is -2.43. The summed E-state index contributed by atoms with van der Waals surface area (Å²) in [5.74, 6) is 0.482. The lowest BCUT2D eigenvalue weighted by atomic mass is 10.1. The molecule has 1 fully saturated rings. The highest BCUT2D eigenvalue weighted by Gasteiger charge is 2.40. The van der Waals surface area contributed by atoms with Gasteiger partial charge in [-0.05, 0) is 43.7 Å². The zero-order chi connectivity index (χ0) is 27.1. The van der Waals surface area contributed by atoms with Gasteiger partial charge in [0.1, 0.15) is 18.0 Å². The SMILES string of the molecule is CC(O)(CO)COc1nccc(NC(=O)N2c3nc(-c4cccc(C(F)(F)F)c4)ccc3N3CC[C@H]2C3)n1. The summed E-state index contributed by atoms with van der Waals surface area (Å²) < 4.78 is 45.1. The van der Waals surface area contributed by atoms with Gasteiger partial charge in [-0.2, -0.15) is 18.2 Å². The molecule has 2 amide bonds. The van der Waals surface area contributed by atoms with E-state index in [2.05, 4.69) is 25.2 Å². The number of hydrogen-bond acceptors (Lipinski definition) is 8. The molecule has 1 saturated heterocycles. The number of urea groups is 1. The van der Waals surface area contributed by atoms with Crippen LogP contribution in [0.5, 0.6) is 6.01 Å². The number of aliphatic hydroxyl groups excluding tert-OH is 1. The van der Waals surface area contributed by atoms with Crippen LogP contribution < -0.4 is 19.9 Å². The third kappa shape index (κ3) is 5.20. The molecule has 200 valence electrons. The van der Waals surface area contributed by atoms with E-state index in [0.29, 0.717) is 36.7 Å². The standard InChI is InChI=1S/C25H25F3N6O4/c1-24(37,13-35)14-38-22-29-9-7-20(31-22)32-23(36)34-17-8-10-33(12-17)19-6-5-18(30-21(19)34)15-3-2-4-16(11-15)25(26,27)28/h2-7,9,11,17,35,37H,8,10,12-14H2,1H3,(H,29,31,32,36)/t17-,24?/m0/s1. The van der Waals surface area contributed by atoms with Crippen molar-refractivity contribution in [2.45, 2.75) is 31.2 Å². The number of alkyl halides is 3. The van der Waals surface area contributed by atoms with E-state index in [1.807, 2.05) is 0 Å². The third-order valence-corrected chi connectivity index (χ3v) is 6.38. The number of aromatic nitrogens is 3. The third-order valence-electron chi connectivity index (χ3n) is 6.38. The molecule has 38 heavy (non-hydrogen) atoms. The number of aliphatic hydroxyl groups is 2. The first kappa shape index (κ1) is 25.7. The maximum Gasteiger partial charge on any atom is 0.416 e. The van der Waals surface area contributed by atoms with Gasteiger partial charge in [0.25, 0.3) is 0 Å². The van der Waals surface area contributed by atoms with Crippen LogP contribution in [0.25, 0.3) is 11.3 Å². The number of ether oxygens (including phenoxy) is 1. The molecule has 2 aliphatic rings. The first-order valence-corrected chi connectivity index (χ1v) is 11.9. The van der Waals surface area contributed by atoms with E-state index >= 15 is 0 Å². The summed E-state index contributed by atoms with van der Waals surface area (Å²) in [5, 5.41) is 21.8. The van der Waals surface area contributed by atoms with Gasteiger partial charge in [0.2, 0.25) is 0 Å². The Morgan fingerprint density at radius 1 is 1.21 bits per heavy atom. The molecule has 0 spiro atoms. The number of benzene rings is 1. The quantitative estimate of drug-likeness (QED) is 0.444. The number of anilines is 3. The van der Waals surface area contributed by atoms with Gasteiger partial charge in [-0.1, -0.05) is 12.1 Å². The molecule has 3 N–H and O–H groups in total. The average molecular weight is 531 g/mol. The fourth-order valence-electron chi connectivity index (χ4n) is 4.40. The summed E-state index contributed by atoms with van der Waals surface area (Å²) in [6.45, 7) is 1.91. The monoisotopic (exact) mass is 530 g/mol. The molecule has 2 bridgehead atoms. The highest BCUT2D eigenvalue weighted by molar-refractivity contribution is 6.04. The topological polar surface area (TPSA) is 124 Å². The van der Waals surface area contributed by atoms with Gasteiger partial charge < -0.3 is 19.8 Å². The molecule has 1 aromatic carbocycles. The van der Waals surface area contributed by atoms with Crippen molar-refractivity contribution in [2.75, 3.05) is 41.4 Å². The number of nitrogens with zero attached hydrogens (tertiary/aromatic N) is 5. The van der Waals surface area contributed by atoms with Gasteiger partial charge in [-0.25, -0.2) is 14.8 Å². The summed E-state index contributed by atoms with van der Waals surface area (Å²) in [4.78, 5) is 29.8. The second kappa shape index (κ2) is 9.72. The van der Waals surface area contributed by atoms with Crippen LogP contribution in [-0.2, 0) is 6.18 Å². The Kier molecular flexibility index (Phi) is 6.57. The van der Waals surface area contributed by atoms with Crippen molar-refractivity contribution in [1.29, 1.82) is 0 Å². The van der Waals surface area contributed by atoms with Crippen LogP contribution in [0.15, 0.2) is 48.7 Å². The van der Waals surface area contributed by atoms with E-state index in [1.54, 1.807) is 18.2 Å². The molecule has 5 rings (SSSR count). The number of nitrogens with one attached hydrogen (secondary N) is 1. The number of hydrogen-bond donors (Lipinski definition) is 3. The minimum absolute atomic E-state index is 0.104. The van der Waals surface area contributed by atoms with E-state index in [0.717, 1.165) is 12.1 Å².